The lowest BCUT2D eigenvalue weighted by Gasteiger charge is -2.15. The molecule has 0 unspecified atom stereocenters. The predicted octanol–water partition coefficient (Wildman–Crippen LogP) is 3.60. The maximum atomic E-state index is 12.4. The fourth-order valence-electron chi connectivity index (χ4n) is 2.53. The van der Waals surface area contributed by atoms with Crippen molar-refractivity contribution in [2.45, 2.75) is 24.8 Å². The molecule has 0 saturated heterocycles. The number of anilines is 2. The summed E-state index contributed by atoms with van der Waals surface area (Å²) < 4.78 is 32.9. The number of amides is 1. The van der Waals surface area contributed by atoms with E-state index in [1.54, 1.807) is 31.2 Å². The number of aryl methyl sites for hydroxylation is 1. The number of carbonyl (C=O) groups is 1. The van der Waals surface area contributed by atoms with Crippen LogP contribution in [0.25, 0.3) is 0 Å². The molecule has 0 aliphatic rings. The Morgan fingerprint density at radius 3 is 2.45 bits per heavy atom. The van der Waals surface area contributed by atoms with E-state index < -0.39 is 16.1 Å². The number of ether oxygens (including phenoxy) is 1. The minimum Gasteiger partial charge on any atom is -0.481 e. The number of nitrogens with zero attached hydrogens (tertiary/aromatic N) is 1. The van der Waals surface area contributed by atoms with Crippen LogP contribution in [0.3, 0.4) is 0 Å². The molecule has 1 atom stereocenters. The molecule has 3 aromatic rings. The molecule has 0 fully saturated rings. The van der Waals surface area contributed by atoms with Gasteiger partial charge in [0, 0.05) is 11.9 Å². The van der Waals surface area contributed by atoms with Gasteiger partial charge in [-0.25, -0.2) is 13.4 Å². The fourth-order valence-corrected chi connectivity index (χ4v) is 3.54. The molecular formula is C21H21N3O4S. The Morgan fingerprint density at radius 1 is 1.03 bits per heavy atom. The standard InChI is InChI=1S/C21H21N3O4S/c1-15-6-5-7-18(14-15)28-16(2)21(25)23-17-9-11-19(12-10-17)29(26,27)24-20-8-3-4-13-22-20/h3-14,16H,1-2H3,(H,22,24)(H,23,25)/t16-/m1/s1. The summed E-state index contributed by atoms with van der Waals surface area (Å²) in [4.78, 5) is 16.4. The molecule has 0 saturated carbocycles. The van der Waals surface area contributed by atoms with E-state index in [-0.39, 0.29) is 16.6 Å². The van der Waals surface area contributed by atoms with E-state index in [1.165, 1.54) is 30.5 Å². The summed E-state index contributed by atoms with van der Waals surface area (Å²) in [5, 5.41) is 2.71. The van der Waals surface area contributed by atoms with Gasteiger partial charge in [-0.05, 0) is 67.9 Å². The predicted molar refractivity (Wildman–Crippen MR) is 111 cm³/mol. The van der Waals surface area contributed by atoms with Crippen molar-refractivity contribution in [3.05, 3.63) is 78.5 Å². The molecule has 3 rings (SSSR count). The highest BCUT2D eigenvalue weighted by Crippen LogP contribution is 2.18. The molecule has 1 amide bonds. The van der Waals surface area contributed by atoms with Gasteiger partial charge in [0.1, 0.15) is 11.6 Å². The zero-order chi connectivity index (χ0) is 20.9. The van der Waals surface area contributed by atoms with Crippen LogP contribution in [0.15, 0.2) is 77.8 Å². The van der Waals surface area contributed by atoms with Crippen molar-refractivity contribution in [2.24, 2.45) is 0 Å². The molecule has 0 spiro atoms. The lowest BCUT2D eigenvalue weighted by Crippen LogP contribution is -2.30. The number of rotatable bonds is 7. The van der Waals surface area contributed by atoms with Crippen LogP contribution in [0.4, 0.5) is 11.5 Å². The maximum Gasteiger partial charge on any atom is 0.265 e. The summed E-state index contributed by atoms with van der Waals surface area (Å²) in [5.74, 6) is 0.496. The fraction of sp³-hybridized carbons (Fsp3) is 0.143. The summed E-state index contributed by atoms with van der Waals surface area (Å²) in [5.41, 5.74) is 1.50. The van der Waals surface area contributed by atoms with Crippen molar-refractivity contribution < 1.29 is 17.9 Å². The Balaban J connectivity index is 1.63. The summed E-state index contributed by atoms with van der Waals surface area (Å²) in [6, 6.07) is 18.2. The third-order valence-electron chi connectivity index (χ3n) is 4.01. The van der Waals surface area contributed by atoms with E-state index in [1.807, 2.05) is 25.1 Å². The molecule has 29 heavy (non-hydrogen) atoms. The monoisotopic (exact) mass is 411 g/mol. The number of benzene rings is 2. The minimum atomic E-state index is -3.77. The van der Waals surface area contributed by atoms with Gasteiger partial charge in [-0.3, -0.25) is 9.52 Å². The number of hydrogen-bond donors (Lipinski definition) is 2. The van der Waals surface area contributed by atoms with Gasteiger partial charge in [-0.2, -0.15) is 0 Å². The number of carbonyl (C=O) groups excluding carboxylic acids is 1. The van der Waals surface area contributed by atoms with Crippen LogP contribution in [0, 0.1) is 6.92 Å². The van der Waals surface area contributed by atoms with Crippen LogP contribution >= 0.6 is 0 Å². The van der Waals surface area contributed by atoms with E-state index in [2.05, 4.69) is 15.0 Å². The number of pyridine rings is 1. The van der Waals surface area contributed by atoms with E-state index in [9.17, 15) is 13.2 Å². The second-order valence-electron chi connectivity index (χ2n) is 6.41. The second-order valence-corrected chi connectivity index (χ2v) is 8.09. The minimum absolute atomic E-state index is 0.0604. The van der Waals surface area contributed by atoms with Crippen LogP contribution in [0.5, 0.6) is 5.75 Å². The molecule has 1 heterocycles. The SMILES string of the molecule is Cc1cccc(O[C@H](C)C(=O)Nc2ccc(S(=O)(=O)Nc3ccccn3)cc2)c1. The summed E-state index contributed by atoms with van der Waals surface area (Å²) in [7, 11) is -3.77. The van der Waals surface area contributed by atoms with E-state index in [4.69, 9.17) is 4.74 Å². The van der Waals surface area contributed by atoms with Gasteiger partial charge in [0.25, 0.3) is 15.9 Å². The quantitative estimate of drug-likeness (QED) is 0.619. The highest BCUT2D eigenvalue weighted by atomic mass is 32.2. The average molecular weight is 411 g/mol. The van der Waals surface area contributed by atoms with Gasteiger partial charge in [-0.15, -0.1) is 0 Å². The largest absolute Gasteiger partial charge is 0.481 e. The normalized spacial score (nSPS) is 12.1. The maximum absolute atomic E-state index is 12.4. The van der Waals surface area contributed by atoms with Gasteiger partial charge < -0.3 is 10.1 Å². The van der Waals surface area contributed by atoms with Crippen molar-refractivity contribution in [1.82, 2.24) is 4.98 Å². The average Bonchev–Trinajstić information content (AvgIpc) is 2.69. The Kier molecular flexibility index (Phi) is 6.13. The summed E-state index contributed by atoms with van der Waals surface area (Å²) in [6.45, 7) is 3.59. The molecule has 0 aliphatic heterocycles. The lowest BCUT2D eigenvalue weighted by atomic mass is 10.2. The number of sulfonamides is 1. The third-order valence-corrected chi connectivity index (χ3v) is 5.38. The molecular weight excluding hydrogens is 390 g/mol. The highest BCUT2D eigenvalue weighted by Gasteiger charge is 2.17. The molecule has 0 radical (unpaired) electrons. The molecule has 0 aliphatic carbocycles. The molecule has 2 N–H and O–H groups in total. The zero-order valence-electron chi connectivity index (χ0n) is 16.0. The smallest absolute Gasteiger partial charge is 0.265 e. The van der Waals surface area contributed by atoms with Crippen LogP contribution < -0.4 is 14.8 Å². The Morgan fingerprint density at radius 2 is 1.79 bits per heavy atom. The summed E-state index contributed by atoms with van der Waals surface area (Å²) >= 11 is 0. The van der Waals surface area contributed by atoms with Crippen molar-refractivity contribution >= 4 is 27.4 Å². The van der Waals surface area contributed by atoms with Crippen LogP contribution in [0.2, 0.25) is 0 Å². The van der Waals surface area contributed by atoms with Crippen molar-refractivity contribution in [1.29, 1.82) is 0 Å². The van der Waals surface area contributed by atoms with E-state index in [0.29, 0.717) is 11.4 Å². The summed E-state index contributed by atoms with van der Waals surface area (Å²) in [6.07, 6.45) is 0.780. The van der Waals surface area contributed by atoms with E-state index in [0.717, 1.165) is 5.56 Å². The topological polar surface area (TPSA) is 97.4 Å². The highest BCUT2D eigenvalue weighted by molar-refractivity contribution is 7.92. The lowest BCUT2D eigenvalue weighted by molar-refractivity contribution is -0.122. The number of hydrogen-bond acceptors (Lipinski definition) is 5. The van der Waals surface area contributed by atoms with Gasteiger partial charge in [0.05, 0.1) is 4.90 Å². The molecule has 8 heteroatoms. The second kappa shape index (κ2) is 8.74. The Labute approximate surface area is 169 Å². The number of nitrogens with one attached hydrogen (secondary N) is 2. The first-order chi connectivity index (χ1) is 13.8. The van der Waals surface area contributed by atoms with Crippen molar-refractivity contribution in [2.75, 3.05) is 10.0 Å². The zero-order valence-corrected chi connectivity index (χ0v) is 16.8. The first-order valence-electron chi connectivity index (χ1n) is 8.91. The van der Waals surface area contributed by atoms with Crippen LogP contribution in [-0.2, 0) is 14.8 Å². The van der Waals surface area contributed by atoms with Gasteiger partial charge in [0.15, 0.2) is 6.10 Å². The van der Waals surface area contributed by atoms with Crippen LogP contribution in [0.1, 0.15) is 12.5 Å². The van der Waals surface area contributed by atoms with Gasteiger partial charge >= 0.3 is 0 Å². The van der Waals surface area contributed by atoms with Gasteiger partial charge in [-0.1, -0.05) is 18.2 Å². The molecule has 1 aromatic heterocycles. The van der Waals surface area contributed by atoms with Gasteiger partial charge in [0.2, 0.25) is 0 Å². The molecule has 0 bridgehead atoms. The molecule has 2 aromatic carbocycles. The Bertz CT molecular complexity index is 1080. The first kappa shape index (κ1) is 20.3. The van der Waals surface area contributed by atoms with Crippen LogP contribution in [-0.4, -0.2) is 25.4 Å². The number of aromatic nitrogens is 1. The third kappa shape index (κ3) is 5.55. The van der Waals surface area contributed by atoms with Crippen molar-refractivity contribution in [3.63, 3.8) is 0 Å². The first-order valence-corrected chi connectivity index (χ1v) is 10.4. The molecule has 150 valence electrons. The van der Waals surface area contributed by atoms with E-state index >= 15 is 0 Å². The van der Waals surface area contributed by atoms with Crippen molar-refractivity contribution in [3.8, 4) is 5.75 Å². The Hall–Kier alpha value is -3.39. The molecule has 7 nitrogen and oxygen atoms in total.